The molecule has 2 aromatic rings. The number of urea groups is 2. The molecule has 3 saturated heterocycles. The Balaban J connectivity index is 0.953. The molecule has 0 saturated carbocycles. The molecule has 0 aliphatic carbocycles. The lowest BCUT2D eigenvalue weighted by Gasteiger charge is -2.35. The van der Waals surface area contributed by atoms with E-state index in [9.17, 15) is 19.2 Å². The highest BCUT2D eigenvalue weighted by Gasteiger charge is 2.26. The van der Waals surface area contributed by atoms with Gasteiger partial charge in [0.1, 0.15) is 6.61 Å². The van der Waals surface area contributed by atoms with Crippen molar-refractivity contribution in [1.29, 1.82) is 0 Å². The average Bonchev–Trinajstić information content (AvgIpc) is 3.15. The second-order valence-corrected chi connectivity index (χ2v) is 12.9. The Morgan fingerprint density at radius 2 is 1.30 bits per heavy atom. The second kappa shape index (κ2) is 18.1. The van der Waals surface area contributed by atoms with Gasteiger partial charge in [0.05, 0.1) is 5.69 Å². The molecule has 3 fully saturated rings. The first-order valence-electron chi connectivity index (χ1n) is 17.5. The van der Waals surface area contributed by atoms with Crippen molar-refractivity contribution < 1.29 is 23.9 Å². The van der Waals surface area contributed by atoms with Gasteiger partial charge in [-0.3, -0.25) is 4.79 Å². The van der Waals surface area contributed by atoms with E-state index in [2.05, 4.69) is 20.9 Å². The van der Waals surface area contributed by atoms with Gasteiger partial charge in [-0.15, -0.1) is 0 Å². The van der Waals surface area contributed by atoms with E-state index < -0.39 is 6.09 Å². The fourth-order valence-electron chi connectivity index (χ4n) is 6.36. The van der Waals surface area contributed by atoms with Crippen LogP contribution in [-0.4, -0.2) is 122 Å². The number of piperazine rings is 2. The monoisotopic (exact) mass is 690 g/mol. The number of ether oxygens (including phenoxy) is 1. The molecule has 6 amide bonds. The SMILES string of the molecule is NC(N)=Nc1ccc(CNC(=O)N2CCN(C(=O)OCc3ccc(C(=O)N4CCN(C(=O)NCCCC5CCNCC5)CC4)cc3)CC2)cc1. The third-order valence-electron chi connectivity index (χ3n) is 9.40. The van der Waals surface area contributed by atoms with Gasteiger partial charge in [-0.25, -0.2) is 19.4 Å². The summed E-state index contributed by atoms with van der Waals surface area (Å²) in [5.74, 6) is 0.650. The number of nitrogens with one attached hydrogen (secondary N) is 3. The predicted molar refractivity (Wildman–Crippen MR) is 190 cm³/mol. The molecule has 0 aromatic heterocycles. The topological polar surface area (TPSA) is 191 Å². The van der Waals surface area contributed by atoms with Crippen LogP contribution in [0, 0.1) is 5.92 Å². The van der Waals surface area contributed by atoms with Crippen LogP contribution < -0.4 is 27.4 Å². The van der Waals surface area contributed by atoms with Crippen molar-refractivity contribution in [3.05, 3.63) is 65.2 Å². The minimum Gasteiger partial charge on any atom is -0.445 e. The molecular weight excluding hydrogens is 640 g/mol. The molecule has 3 aliphatic rings. The van der Waals surface area contributed by atoms with Crippen molar-refractivity contribution >= 4 is 35.7 Å². The number of rotatable bonds is 10. The zero-order valence-corrected chi connectivity index (χ0v) is 28.6. The van der Waals surface area contributed by atoms with E-state index in [4.69, 9.17) is 16.2 Å². The average molecular weight is 691 g/mol. The van der Waals surface area contributed by atoms with E-state index in [1.807, 2.05) is 12.1 Å². The number of hydrogen-bond donors (Lipinski definition) is 5. The number of nitrogens with two attached hydrogens (primary N) is 2. The van der Waals surface area contributed by atoms with Crippen LogP contribution in [0.4, 0.5) is 20.1 Å². The summed E-state index contributed by atoms with van der Waals surface area (Å²) >= 11 is 0. The lowest BCUT2D eigenvalue weighted by molar-refractivity contribution is 0.0664. The van der Waals surface area contributed by atoms with Crippen molar-refractivity contribution in [1.82, 2.24) is 35.6 Å². The number of guanidine groups is 1. The van der Waals surface area contributed by atoms with Crippen LogP contribution in [0.1, 0.15) is 47.2 Å². The first kappa shape index (κ1) is 36.2. The molecule has 7 N–H and O–H groups in total. The van der Waals surface area contributed by atoms with Crippen molar-refractivity contribution in [3.63, 3.8) is 0 Å². The number of hydrogen-bond acceptors (Lipinski definition) is 7. The third-order valence-corrected chi connectivity index (χ3v) is 9.40. The van der Waals surface area contributed by atoms with Gasteiger partial charge < -0.3 is 51.8 Å². The van der Waals surface area contributed by atoms with E-state index >= 15 is 0 Å². The van der Waals surface area contributed by atoms with Crippen molar-refractivity contribution in [2.75, 3.05) is 72.0 Å². The van der Waals surface area contributed by atoms with Gasteiger partial charge in [-0.2, -0.15) is 0 Å². The van der Waals surface area contributed by atoms with Crippen LogP contribution in [0.25, 0.3) is 0 Å². The molecule has 0 bridgehead atoms. The Morgan fingerprint density at radius 1 is 0.740 bits per heavy atom. The quantitative estimate of drug-likeness (QED) is 0.142. The summed E-state index contributed by atoms with van der Waals surface area (Å²) in [6, 6.07) is 14.0. The molecule has 5 rings (SSSR count). The summed E-state index contributed by atoms with van der Waals surface area (Å²) in [5, 5.41) is 9.32. The first-order chi connectivity index (χ1) is 24.2. The maximum Gasteiger partial charge on any atom is 0.410 e. The molecule has 2 aromatic carbocycles. The molecule has 3 aliphatic heterocycles. The van der Waals surface area contributed by atoms with E-state index in [-0.39, 0.29) is 30.5 Å². The zero-order valence-electron chi connectivity index (χ0n) is 28.6. The summed E-state index contributed by atoms with van der Waals surface area (Å²) < 4.78 is 5.52. The number of benzene rings is 2. The molecule has 3 heterocycles. The summed E-state index contributed by atoms with van der Waals surface area (Å²) in [6.07, 6.45) is 4.12. The largest absolute Gasteiger partial charge is 0.445 e. The highest BCUT2D eigenvalue weighted by molar-refractivity contribution is 5.94. The number of aliphatic imine (C=N–C) groups is 1. The van der Waals surface area contributed by atoms with Crippen LogP contribution in [-0.2, 0) is 17.9 Å². The standard InChI is InChI=1S/C35H50N10O5/c36-32(37)41-30-9-5-27(6-10-30)24-40-34(48)44-20-22-45(23-21-44)35(49)50-25-28-3-7-29(8-4-28)31(46)42-16-18-43(19-17-42)33(47)39-13-1-2-26-11-14-38-15-12-26/h3-10,26,38H,1-2,11-25H2,(H,39,47)(H,40,48)(H4,36,37,41). The maximum atomic E-state index is 13.1. The molecule has 0 radical (unpaired) electrons. The fraction of sp³-hybridized carbons (Fsp3) is 0.514. The smallest absolute Gasteiger partial charge is 0.410 e. The van der Waals surface area contributed by atoms with Crippen LogP contribution in [0.15, 0.2) is 53.5 Å². The van der Waals surface area contributed by atoms with E-state index in [1.54, 1.807) is 56.0 Å². The Hall–Kier alpha value is -5.05. The van der Waals surface area contributed by atoms with Crippen LogP contribution in [0.5, 0.6) is 0 Å². The molecule has 15 nitrogen and oxygen atoms in total. The molecule has 270 valence electrons. The van der Waals surface area contributed by atoms with E-state index in [0.717, 1.165) is 43.0 Å². The minimum atomic E-state index is -0.449. The Morgan fingerprint density at radius 3 is 1.92 bits per heavy atom. The summed E-state index contributed by atoms with van der Waals surface area (Å²) in [5.41, 5.74) is 13.6. The van der Waals surface area contributed by atoms with Gasteiger partial charge in [0.25, 0.3) is 5.91 Å². The molecular formula is C35H50N10O5. The Kier molecular flexibility index (Phi) is 13.1. The van der Waals surface area contributed by atoms with Crippen molar-refractivity contribution in [2.45, 2.75) is 38.8 Å². The van der Waals surface area contributed by atoms with Gasteiger partial charge in [-0.1, -0.05) is 24.3 Å². The lowest BCUT2D eigenvalue weighted by atomic mass is 9.93. The zero-order chi connectivity index (χ0) is 35.3. The summed E-state index contributed by atoms with van der Waals surface area (Å²) in [4.78, 5) is 61.9. The minimum absolute atomic E-state index is 0.0186. The van der Waals surface area contributed by atoms with E-state index in [0.29, 0.717) is 76.7 Å². The number of piperidine rings is 1. The van der Waals surface area contributed by atoms with Crippen molar-refractivity contribution in [2.24, 2.45) is 22.4 Å². The number of carbonyl (C=O) groups is 4. The van der Waals surface area contributed by atoms with Gasteiger partial charge >= 0.3 is 18.2 Å². The molecule has 0 unspecified atom stereocenters. The molecule has 0 atom stereocenters. The van der Waals surface area contributed by atoms with Gasteiger partial charge in [0.2, 0.25) is 0 Å². The van der Waals surface area contributed by atoms with Crippen LogP contribution in [0.2, 0.25) is 0 Å². The number of amides is 6. The number of nitrogens with zero attached hydrogens (tertiary/aromatic N) is 5. The van der Waals surface area contributed by atoms with Crippen LogP contribution >= 0.6 is 0 Å². The van der Waals surface area contributed by atoms with Gasteiger partial charge in [-0.05, 0) is 80.1 Å². The highest BCUT2D eigenvalue weighted by Crippen LogP contribution is 2.18. The normalized spacial score (nSPS) is 16.8. The molecule has 15 heteroatoms. The van der Waals surface area contributed by atoms with Crippen LogP contribution in [0.3, 0.4) is 0 Å². The summed E-state index contributed by atoms with van der Waals surface area (Å²) in [6.45, 7) is 6.73. The van der Waals surface area contributed by atoms with Crippen molar-refractivity contribution in [3.8, 4) is 0 Å². The maximum absolute atomic E-state index is 13.1. The molecule has 50 heavy (non-hydrogen) atoms. The van der Waals surface area contributed by atoms with Gasteiger partial charge in [0.15, 0.2) is 5.96 Å². The third kappa shape index (κ3) is 10.7. The number of carbonyl (C=O) groups excluding carboxylic acids is 4. The fourth-order valence-corrected chi connectivity index (χ4v) is 6.36. The second-order valence-electron chi connectivity index (χ2n) is 12.9. The Bertz CT molecular complexity index is 1460. The highest BCUT2D eigenvalue weighted by atomic mass is 16.6. The summed E-state index contributed by atoms with van der Waals surface area (Å²) in [7, 11) is 0. The predicted octanol–water partition coefficient (Wildman–Crippen LogP) is 2.00. The van der Waals surface area contributed by atoms with Gasteiger partial charge in [0, 0.05) is 71.0 Å². The molecule has 0 spiro atoms. The Labute approximate surface area is 293 Å². The lowest BCUT2D eigenvalue weighted by Crippen LogP contribution is -2.53. The first-order valence-corrected chi connectivity index (χ1v) is 17.5. The van der Waals surface area contributed by atoms with E-state index in [1.165, 1.54) is 12.8 Å².